The third-order valence-corrected chi connectivity index (χ3v) is 3.61. The van der Waals surface area contributed by atoms with Gasteiger partial charge >= 0.3 is 6.18 Å². The van der Waals surface area contributed by atoms with E-state index in [0.717, 1.165) is 12.1 Å². The van der Waals surface area contributed by atoms with Crippen LogP contribution in [0.4, 0.5) is 13.2 Å². The molecule has 0 amide bonds. The number of aliphatic hydroxyl groups is 3. The number of aliphatic hydroxyl groups excluding tert-OH is 3. The van der Waals surface area contributed by atoms with Crippen molar-refractivity contribution in [3.63, 3.8) is 0 Å². The van der Waals surface area contributed by atoms with E-state index in [1.165, 1.54) is 19.9 Å². The summed E-state index contributed by atoms with van der Waals surface area (Å²) in [4.78, 5) is 3.33. The first kappa shape index (κ1) is 17.9. The molecule has 0 aliphatic carbocycles. The molecule has 9 heteroatoms. The molecule has 6 nitrogen and oxygen atoms in total. The van der Waals surface area contributed by atoms with Crippen LogP contribution in [0.5, 0.6) is 5.88 Å². The molecule has 0 bridgehead atoms. The van der Waals surface area contributed by atoms with Crippen molar-refractivity contribution in [2.45, 2.75) is 56.6 Å². The van der Waals surface area contributed by atoms with Gasteiger partial charge in [0.05, 0.1) is 12.2 Å². The topological polar surface area (TPSA) is 92.0 Å². The molecular formula is C14H18F3NO5. The van der Waals surface area contributed by atoms with E-state index in [1.807, 2.05) is 0 Å². The van der Waals surface area contributed by atoms with E-state index in [1.54, 1.807) is 0 Å². The molecule has 2 rings (SSSR count). The van der Waals surface area contributed by atoms with E-state index in [0.29, 0.717) is 0 Å². The largest absolute Gasteiger partial charge is 0.469 e. The fourth-order valence-electron chi connectivity index (χ4n) is 2.37. The first-order chi connectivity index (χ1) is 10.6. The van der Waals surface area contributed by atoms with Gasteiger partial charge in [-0.1, -0.05) is 6.07 Å². The quantitative estimate of drug-likeness (QED) is 0.753. The minimum absolute atomic E-state index is 0.389. The van der Waals surface area contributed by atoms with Crippen LogP contribution in [0.2, 0.25) is 0 Å². The van der Waals surface area contributed by atoms with E-state index in [2.05, 4.69) is 4.98 Å². The molecule has 1 aromatic heterocycles. The molecule has 1 saturated heterocycles. The summed E-state index contributed by atoms with van der Waals surface area (Å²) in [7, 11) is 0. The second-order valence-electron chi connectivity index (χ2n) is 5.47. The highest BCUT2D eigenvalue weighted by Crippen LogP contribution is 2.30. The molecule has 2 heterocycles. The first-order valence-corrected chi connectivity index (χ1v) is 7.02. The van der Waals surface area contributed by atoms with Gasteiger partial charge in [0, 0.05) is 6.07 Å². The van der Waals surface area contributed by atoms with Gasteiger partial charge in [-0.2, -0.15) is 13.2 Å². The fourth-order valence-corrected chi connectivity index (χ4v) is 2.37. The number of hydrogen-bond donors (Lipinski definition) is 3. The Bertz CT molecular complexity index is 539. The molecule has 3 N–H and O–H groups in total. The average Bonchev–Trinajstić information content (AvgIpc) is 2.47. The number of pyridine rings is 1. The number of hydrogen-bond acceptors (Lipinski definition) is 6. The minimum atomic E-state index is -4.64. The minimum Gasteiger partial charge on any atom is -0.469 e. The lowest BCUT2D eigenvalue weighted by Crippen LogP contribution is -2.61. The number of ether oxygens (including phenoxy) is 2. The molecule has 0 radical (unpaired) electrons. The molecule has 23 heavy (non-hydrogen) atoms. The molecule has 0 spiro atoms. The highest BCUT2D eigenvalue weighted by molar-refractivity contribution is 5.18. The highest BCUT2D eigenvalue weighted by Gasteiger charge is 2.46. The second-order valence-corrected chi connectivity index (χ2v) is 5.47. The van der Waals surface area contributed by atoms with E-state index in [9.17, 15) is 28.5 Å². The third-order valence-electron chi connectivity index (χ3n) is 3.61. The van der Waals surface area contributed by atoms with Crippen molar-refractivity contribution < 1.29 is 38.0 Å². The molecule has 1 aliphatic rings. The van der Waals surface area contributed by atoms with Crippen LogP contribution in [0.3, 0.4) is 0 Å². The number of rotatable bonds is 3. The average molecular weight is 337 g/mol. The molecule has 130 valence electrons. The van der Waals surface area contributed by atoms with Crippen LogP contribution in [-0.2, 0) is 10.9 Å². The van der Waals surface area contributed by atoms with Gasteiger partial charge in [-0.3, -0.25) is 0 Å². The van der Waals surface area contributed by atoms with Crippen molar-refractivity contribution in [3.05, 3.63) is 23.9 Å². The van der Waals surface area contributed by atoms with E-state index in [4.69, 9.17) is 9.47 Å². The lowest BCUT2D eigenvalue weighted by molar-refractivity contribution is -0.230. The van der Waals surface area contributed by atoms with E-state index >= 15 is 0 Å². The van der Waals surface area contributed by atoms with Crippen LogP contribution in [-0.4, -0.2) is 56.9 Å². The predicted molar refractivity (Wildman–Crippen MR) is 71.7 cm³/mol. The molecule has 1 unspecified atom stereocenters. The van der Waals surface area contributed by atoms with E-state index < -0.39 is 48.5 Å². The van der Waals surface area contributed by atoms with Crippen LogP contribution in [0.1, 0.15) is 19.5 Å². The Morgan fingerprint density at radius 3 is 2.48 bits per heavy atom. The lowest BCUT2D eigenvalue weighted by Gasteiger charge is -2.42. The highest BCUT2D eigenvalue weighted by atomic mass is 19.4. The molecular weight excluding hydrogens is 319 g/mol. The fraction of sp³-hybridized carbons (Fsp3) is 0.643. The van der Waals surface area contributed by atoms with Crippen LogP contribution in [0.15, 0.2) is 18.2 Å². The van der Waals surface area contributed by atoms with Gasteiger partial charge < -0.3 is 24.8 Å². The van der Waals surface area contributed by atoms with Crippen LogP contribution >= 0.6 is 0 Å². The first-order valence-electron chi connectivity index (χ1n) is 7.02. The molecule has 1 fully saturated rings. The van der Waals surface area contributed by atoms with Crippen molar-refractivity contribution in [1.82, 2.24) is 4.98 Å². The van der Waals surface area contributed by atoms with Crippen molar-refractivity contribution >= 4 is 0 Å². The van der Waals surface area contributed by atoms with Crippen LogP contribution in [0, 0.1) is 0 Å². The maximum Gasteiger partial charge on any atom is 0.433 e. The Balaban J connectivity index is 2.25. The number of aromatic nitrogens is 1. The second kappa shape index (κ2) is 6.60. The normalized spacial score (nSPS) is 33.3. The molecule has 0 saturated carbocycles. The zero-order valence-electron chi connectivity index (χ0n) is 12.4. The van der Waals surface area contributed by atoms with Crippen LogP contribution < -0.4 is 4.74 Å². The maximum absolute atomic E-state index is 12.7. The molecule has 1 aromatic rings. The lowest BCUT2D eigenvalue weighted by atomic mass is 9.93. The Morgan fingerprint density at radius 2 is 1.91 bits per heavy atom. The third kappa shape index (κ3) is 3.92. The van der Waals surface area contributed by atoms with Gasteiger partial charge in [0.25, 0.3) is 0 Å². The van der Waals surface area contributed by atoms with E-state index in [-0.39, 0.29) is 5.88 Å². The Hall–Kier alpha value is -1.42. The summed E-state index contributed by atoms with van der Waals surface area (Å²) in [6.07, 6.45) is -11.5. The zero-order valence-corrected chi connectivity index (χ0v) is 12.4. The Labute approximate surface area is 130 Å². The van der Waals surface area contributed by atoms with Gasteiger partial charge in [-0.25, -0.2) is 4.98 Å². The summed E-state index contributed by atoms with van der Waals surface area (Å²) in [6.45, 7) is 2.89. The summed E-state index contributed by atoms with van der Waals surface area (Å²) < 4.78 is 48.7. The molecule has 1 aliphatic heterocycles. The predicted octanol–water partition coefficient (Wildman–Crippen LogP) is 0.738. The molecule has 0 aromatic carbocycles. The summed E-state index contributed by atoms with van der Waals surface area (Å²) in [5.41, 5.74) is -1.15. The van der Waals surface area contributed by atoms with Crippen molar-refractivity contribution in [2.24, 2.45) is 0 Å². The summed E-state index contributed by atoms with van der Waals surface area (Å²) in [5.74, 6) is -0.389. The number of nitrogens with zero attached hydrogens (tertiary/aromatic N) is 1. The van der Waals surface area contributed by atoms with Crippen LogP contribution in [0.25, 0.3) is 0 Å². The smallest absolute Gasteiger partial charge is 0.433 e. The van der Waals surface area contributed by atoms with Gasteiger partial charge in [-0.15, -0.1) is 0 Å². The van der Waals surface area contributed by atoms with Crippen molar-refractivity contribution in [3.8, 4) is 5.88 Å². The number of alkyl halides is 3. The Morgan fingerprint density at radius 1 is 1.26 bits per heavy atom. The van der Waals surface area contributed by atoms with Gasteiger partial charge in [-0.05, 0) is 19.9 Å². The molecule has 6 atom stereocenters. The van der Waals surface area contributed by atoms with Crippen molar-refractivity contribution in [2.75, 3.05) is 0 Å². The summed E-state index contributed by atoms with van der Waals surface area (Å²) >= 11 is 0. The van der Waals surface area contributed by atoms with Gasteiger partial charge in [0.15, 0.2) is 6.10 Å². The van der Waals surface area contributed by atoms with Gasteiger partial charge in [0.2, 0.25) is 5.88 Å². The SMILES string of the molecule is CC(O)[C@H]1O[C@H](C)[C@H](O)[C@H](O)[C@H]1Oc1cccc(C(F)(F)F)n1. The van der Waals surface area contributed by atoms with Crippen molar-refractivity contribution in [1.29, 1.82) is 0 Å². The Kier molecular flexibility index (Phi) is 5.14. The number of halogens is 3. The summed E-state index contributed by atoms with van der Waals surface area (Å²) in [5, 5.41) is 29.7. The standard InChI is InChI=1S/C14H18F3NO5/c1-6(19)12-13(11(21)10(20)7(2)22-12)23-9-5-3-4-8(18-9)14(15,16)17/h3-7,10-13,19-21H,1-2H3/t6?,7-,10+,11+,12-,13-/m1/s1. The maximum atomic E-state index is 12.7. The zero-order chi connectivity index (χ0) is 17.4. The van der Waals surface area contributed by atoms with Gasteiger partial charge in [0.1, 0.15) is 24.0 Å². The monoisotopic (exact) mass is 337 g/mol. The summed E-state index contributed by atoms with van der Waals surface area (Å²) in [6, 6.07) is 3.08.